The van der Waals surface area contributed by atoms with Gasteiger partial charge in [-0.2, -0.15) is 0 Å². The highest BCUT2D eigenvalue weighted by molar-refractivity contribution is 5.73. The first kappa shape index (κ1) is 46.3. The summed E-state index contributed by atoms with van der Waals surface area (Å²) in [5, 5.41) is 0. The summed E-state index contributed by atoms with van der Waals surface area (Å²) in [7, 11) is 0. The lowest BCUT2D eigenvalue weighted by Gasteiger charge is -2.28. The van der Waals surface area contributed by atoms with E-state index >= 15 is 0 Å². The second-order valence-corrected chi connectivity index (χ2v) is 19.6. The van der Waals surface area contributed by atoms with Crippen molar-refractivity contribution in [1.82, 2.24) is 0 Å². The molecule has 7 heteroatoms. The maximum absolute atomic E-state index is 13.0. The molecule has 0 aromatic heterocycles. The Bertz CT molecular complexity index is 2070. The van der Waals surface area contributed by atoms with Gasteiger partial charge >= 0.3 is 11.9 Å². The van der Waals surface area contributed by atoms with E-state index < -0.39 is 11.9 Å². The average Bonchev–Trinajstić information content (AvgIpc) is 3.13. The van der Waals surface area contributed by atoms with E-state index in [2.05, 4.69) is 119 Å². The van der Waals surface area contributed by atoms with Gasteiger partial charge in [-0.3, -0.25) is 9.59 Å². The van der Waals surface area contributed by atoms with E-state index in [1.54, 1.807) is 0 Å². The van der Waals surface area contributed by atoms with Gasteiger partial charge in [-0.1, -0.05) is 119 Å². The molecule has 1 aliphatic carbocycles. The molecule has 0 spiro atoms. The van der Waals surface area contributed by atoms with Crippen molar-refractivity contribution in [3.8, 4) is 28.7 Å². The summed E-state index contributed by atoms with van der Waals surface area (Å²) in [5.41, 5.74) is 10.7. The molecule has 8 bridgehead atoms. The van der Waals surface area contributed by atoms with Crippen molar-refractivity contribution in [3.63, 3.8) is 0 Å². The highest BCUT2D eigenvalue weighted by Gasteiger charge is 2.29. The second-order valence-electron chi connectivity index (χ2n) is 19.6. The van der Waals surface area contributed by atoms with E-state index in [9.17, 15) is 9.59 Å². The van der Waals surface area contributed by atoms with Crippen molar-refractivity contribution < 1.29 is 33.3 Å². The van der Waals surface area contributed by atoms with Crippen molar-refractivity contribution in [2.75, 3.05) is 19.8 Å². The summed E-state index contributed by atoms with van der Waals surface area (Å²) < 4.78 is 32.5. The van der Waals surface area contributed by atoms with Gasteiger partial charge in [0.1, 0.15) is 28.7 Å². The van der Waals surface area contributed by atoms with E-state index in [4.69, 9.17) is 23.7 Å². The van der Waals surface area contributed by atoms with Crippen LogP contribution in [0.15, 0.2) is 48.5 Å². The van der Waals surface area contributed by atoms with Crippen LogP contribution in [0.2, 0.25) is 0 Å². The lowest BCUT2D eigenvalue weighted by molar-refractivity contribution is -0.133. The summed E-state index contributed by atoms with van der Waals surface area (Å²) in [4.78, 5) is 25.6. The second kappa shape index (κ2) is 18.9. The number of carbonyl (C=O) groups is 2. The van der Waals surface area contributed by atoms with Crippen LogP contribution in [0.4, 0.5) is 0 Å². The number of benzene rings is 4. The van der Waals surface area contributed by atoms with Gasteiger partial charge in [-0.05, 0) is 97.7 Å². The smallest absolute Gasteiger partial charge is 0.308 e. The van der Waals surface area contributed by atoms with Gasteiger partial charge in [0, 0.05) is 50.7 Å². The number of hydrogen-bond donors (Lipinski definition) is 0. The molecule has 0 saturated carbocycles. The van der Waals surface area contributed by atoms with Gasteiger partial charge in [0.25, 0.3) is 0 Å². The third kappa shape index (κ3) is 11.3. The molecular weight excluding hydrogens is 749 g/mol. The van der Waals surface area contributed by atoms with Crippen LogP contribution >= 0.6 is 0 Å². The molecule has 4 aromatic carbocycles. The third-order valence-electron chi connectivity index (χ3n) is 10.9. The Kier molecular flexibility index (Phi) is 14.6. The van der Waals surface area contributed by atoms with Crippen LogP contribution < -0.4 is 23.7 Å². The largest absolute Gasteiger partial charge is 0.493 e. The average molecular weight is 819 g/mol. The third-order valence-corrected chi connectivity index (χ3v) is 10.9. The predicted molar refractivity (Wildman–Crippen MR) is 243 cm³/mol. The van der Waals surface area contributed by atoms with Crippen LogP contribution in [0.25, 0.3) is 0 Å². The summed E-state index contributed by atoms with van der Waals surface area (Å²) in [6.07, 6.45) is 4.41. The Hall–Kier alpha value is -4.78. The lowest BCUT2D eigenvalue weighted by Crippen LogP contribution is -2.17. The maximum Gasteiger partial charge on any atom is 0.308 e. The van der Waals surface area contributed by atoms with Crippen LogP contribution in [0.5, 0.6) is 28.7 Å². The maximum atomic E-state index is 13.0. The quantitative estimate of drug-likeness (QED) is 0.0970. The first-order valence-corrected chi connectivity index (χ1v) is 22.0. The number of esters is 2. The zero-order valence-electron chi connectivity index (χ0n) is 39.0. The predicted octanol–water partition coefficient (Wildman–Crippen LogP) is 12.5. The Balaban J connectivity index is 2.02. The van der Waals surface area contributed by atoms with Crippen molar-refractivity contribution in [2.45, 2.75) is 158 Å². The van der Waals surface area contributed by atoms with Crippen LogP contribution in [0, 0.1) is 0 Å². The Morgan fingerprint density at radius 1 is 0.417 bits per heavy atom. The summed E-state index contributed by atoms with van der Waals surface area (Å²) in [6.45, 7) is 31.0. The Morgan fingerprint density at radius 3 is 0.883 bits per heavy atom. The Labute approximate surface area is 360 Å². The van der Waals surface area contributed by atoms with Crippen LogP contribution in [-0.2, 0) is 51.5 Å². The standard InChI is InChI=1S/C53H70O7/c1-15-18-56-47-35-21-37-27-44(52(9,10)11)29-39(48(37)57-19-16-2)23-41-31-46(59-33(4)54)32-42(50(41)60-34(5)55)24-40-30-45(53(12,13)14)28-38(49(40)58-20-17-3)22-36(47)26-43(25-35)51(6,7)8/h25-32H,15-24H2,1-14H3. The molecule has 0 saturated heterocycles. The van der Waals surface area contributed by atoms with E-state index in [1.165, 1.54) is 19.4 Å². The van der Waals surface area contributed by atoms with Crippen molar-refractivity contribution >= 4 is 11.9 Å². The SMILES string of the molecule is CCCOc1c2cc(C(C)(C)C)cc1Cc1cc(C(C)(C)C)cc(c1OCCC)Cc1cc(OC(C)=O)cc(c1OC(C)=O)Cc1cc(C(C)(C)C)cc(c1OCCC)C2. The molecule has 0 heterocycles. The fourth-order valence-electron chi connectivity index (χ4n) is 7.82. The zero-order valence-corrected chi connectivity index (χ0v) is 39.0. The molecule has 324 valence electrons. The molecule has 0 radical (unpaired) electrons. The van der Waals surface area contributed by atoms with E-state index in [1.807, 2.05) is 12.1 Å². The molecule has 0 atom stereocenters. The summed E-state index contributed by atoms with van der Waals surface area (Å²) in [5.74, 6) is 2.51. The van der Waals surface area contributed by atoms with E-state index in [0.717, 1.165) is 92.1 Å². The first-order valence-electron chi connectivity index (χ1n) is 22.0. The number of rotatable bonds is 11. The lowest BCUT2D eigenvalue weighted by atomic mass is 9.80. The zero-order chi connectivity index (χ0) is 44.2. The highest BCUT2D eigenvalue weighted by atomic mass is 16.5. The van der Waals surface area contributed by atoms with Gasteiger partial charge in [0.15, 0.2) is 0 Å². The molecule has 1 aliphatic rings. The topological polar surface area (TPSA) is 80.3 Å². The molecule has 0 aliphatic heterocycles. The number of fused-ring (bicyclic) bond motifs is 8. The summed E-state index contributed by atoms with van der Waals surface area (Å²) in [6, 6.07) is 17.4. The van der Waals surface area contributed by atoms with E-state index in [-0.39, 0.29) is 16.2 Å². The van der Waals surface area contributed by atoms with Gasteiger partial charge in [-0.15, -0.1) is 0 Å². The van der Waals surface area contributed by atoms with Crippen LogP contribution in [0.1, 0.15) is 177 Å². The molecule has 60 heavy (non-hydrogen) atoms. The van der Waals surface area contributed by atoms with Crippen molar-refractivity contribution in [1.29, 1.82) is 0 Å². The molecule has 7 nitrogen and oxygen atoms in total. The monoisotopic (exact) mass is 819 g/mol. The van der Waals surface area contributed by atoms with Crippen LogP contribution in [-0.4, -0.2) is 31.8 Å². The minimum atomic E-state index is -0.432. The van der Waals surface area contributed by atoms with Crippen LogP contribution in [0.3, 0.4) is 0 Å². The minimum Gasteiger partial charge on any atom is -0.493 e. The number of ether oxygens (including phenoxy) is 5. The fraction of sp³-hybridized carbons (Fsp3) is 0.509. The molecule has 5 rings (SSSR count). The molecular formula is C53H70O7. The van der Waals surface area contributed by atoms with Gasteiger partial charge in [0.05, 0.1) is 19.8 Å². The van der Waals surface area contributed by atoms with E-state index in [0.29, 0.717) is 57.0 Å². The molecule has 0 fully saturated rings. The number of hydrogen-bond acceptors (Lipinski definition) is 7. The Morgan fingerprint density at radius 2 is 0.667 bits per heavy atom. The van der Waals surface area contributed by atoms with Crippen molar-refractivity contribution in [3.05, 3.63) is 110 Å². The summed E-state index contributed by atoms with van der Waals surface area (Å²) >= 11 is 0. The number of carbonyl (C=O) groups excluding carboxylic acids is 2. The minimum absolute atomic E-state index is 0.136. The molecule has 4 aromatic rings. The first-order chi connectivity index (χ1) is 28.1. The normalized spacial score (nSPS) is 13.1. The fourth-order valence-corrected chi connectivity index (χ4v) is 7.82. The van der Waals surface area contributed by atoms with Gasteiger partial charge in [-0.25, -0.2) is 0 Å². The highest BCUT2D eigenvalue weighted by Crippen LogP contribution is 2.44. The molecule has 0 N–H and O–H groups in total. The van der Waals surface area contributed by atoms with Gasteiger partial charge in [0.2, 0.25) is 0 Å². The van der Waals surface area contributed by atoms with Gasteiger partial charge < -0.3 is 23.7 Å². The van der Waals surface area contributed by atoms with Crippen molar-refractivity contribution in [2.24, 2.45) is 0 Å². The molecule has 0 amide bonds. The molecule has 0 unspecified atom stereocenters.